The molecule has 1 heterocycles. The highest BCUT2D eigenvalue weighted by molar-refractivity contribution is 9.10. The van der Waals surface area contributed by atoms with E-state index >= 15 is 0 Å². The first-order valence-electron chi connectivity index (χ1n) is 4.62. The van der Waals surface area contributed by atoms with E-state index in [0.717, 1.165) is 10.0 Å². The Hall–Kier alpha value is -0.410. The van der Waals surface area contributed by atoms with Crippen molar-refractivity contribution in [3.8, 4) is 0 Å². The van der Waals surface area contributed by atoms with Crippen molar-refractivity contribution in [3.05, 3.63) is 28.5 Å². The predicted octanol–water partition coefficient (Wildman–Crippen LogP) is 3.36. The van der Waals surface area contributed by atoms with Crippen molar-refractivity contribution in [1.29, 1.82) is 0 Å². The number of hydrogen-bond donors (Lipinski definition) is 1. The lowest BCUT2D eigenvalue weighted by Crippen LogP contribution is -1.95. The third-order valence-corrected chi connectivity index (χ3v) is 1.43. The smallest absolute Gasteiger partial charge is 0.0410 e. The van der Waals surface area contributed by atoms with E-state index in [0.29, 0.717) is 6.54 Å². The molecule has 0 aliphatic carbocycles. The molecule has 0 fully saturated rings. The van der Waals surface area contributed by atoms with Gasteiger partial charge in [0.15, 0.2) is 0 Å². The SMILES string of the molecule is CC.CC.NCc1cncc(Br)c1. The van der Waals surface area contributed by atoms with E-state index in [1.165, 1.54) is 0 Å². The van der Waals surface area contributed by atoms with E-state index in [9.17, 15) is 0 Å². The first-order valence-corrected chi connectivity index (χ1v) is 5.41. The molecule has 0 amide bonds. The molecular weight excluding hydrogens is 228 g/mol. The largest absolute Gasteiger partial charge is 0.326 e. The lowest BCUT2D eigenvalue weighted by molar-refractivity contribution is 1.04. The first kappa shape index (κ1) is 15.1. The van der Waals surface area contributed by atoms with Crippen molar-refractivity contribution in [2.75, 3.05) is 0 Å². The summed E-state index contributed by atoms with van der Waals surface area (Å²) in [5.41, 5.74) is 6.40. The lowest BCUT2D eigenvalue weighted by atomic mass is 10.3. The van der Waals surface area contributed by atoms with E-state index in [4.69, 9.17) is 5.73 Å². The Bertz CT molecular complexity index is 202. The molecule has 0 saturated carbocycles. The summed E-state index contributed by atoms with van der Waals surface area (Å²) in [4.78, 5) is 3.93. The van der Waals surface area contributed by atoms with Crippen molar-refractivity contribution >= 4 is 15.9 Å². The average Bonchev–Trinajstić information content (AvgIpc) is 2.24. The van der Waals surface area contributed by atoms with Gasteiger partial charge in [0.1, 0.15) is 0 Å². The zero-order chi connectivity index (χ0) is 10.7. The van der Waals surface area contributed by atoms with Gasteiger partial charge in [-0.1, -0.05) is 27.7 Å². The van der Waals surface area contributed by atoms with E-state index < -0.39 is 0 Å². The third-order valence-electron chi connectivity index (χ3n) is 0.997. The molecular formula is C10H19BrN2. The molecule has 0 atom stereocenters. The standard InChI is InChI=1S/C6H7BrN2.2C2H6/c7-6-1-5(2-8)3-9-4-6;2*1-2/h1,3-4H,2,8H2;2*1-2H3. The van der Waals surface area contributed by atoms with Crippen LogP contribution in [0.2, 0.25) is 0 Å². The highest BCUT2D eigenvalue weighted by Crippen LogP contribution is 2.08. The van der Waals surface area contributed by atoms with Crippen LogP contribution < -0.4 is 5.73 Å². The summed E-state index contributed by atoms with van der Waals surface area (Å²) >= 11 is 3.28. The van der Waals surface area contributed by atoms with Gasteiger partial charge in [0.2, 0.25) is 0 Å². The Kier molecular flexibility index (Phi) is 13.4. The number of hydrogen-bond acceptors (Lipinski definition) is 2. The number of nitrogens with two attached hydrogens (primary N) is 1. The van der Waals surface area contributed by atoms with Crippen LogP contribution in [0.25, 0.3) is 0 Å². The number of nitrogens with zero attached hydrogens (tertiary/aromatic N) is 1. The maximum Gasteiger partial charge on any atom is 0.0410 e. The molecule has 1 aromatic rings. The minimum Gasteiger partial charge on any atom is -0.326 e. The van der Waals surface area contributed by atoms with E-state index in [2.05, 4.69) is 20.9 Å². The van der Waals surface area contributed by atoms with Crippen LogP contribution in [0.3, 0.4) is 0 Å². The zero-order valence-corrected chi connectivity index (χ0v) is 10.4. The Morgan fingerprint density at radius 1 is 1.23 bits per heavy atom. The van der Waals surface area contributed by atoms with Crippen LogP contribution in [0.5, 0.6) is 0 Å². The molecule has 0 saturated heterocycles. The van der Waals surface area contributed by atoms with Gasteiger partial charge >= 0.3 is 0 Å². The molecule has 0 spiro atoms. The fraction of sp³-hybridized carbons (Fsp3) is 0.500. The first-order chi connectivity index (χ1) is 6.33. The second-order valence-corrected chi connectivity index (χ2v) is 2.63. The van der Waals surface area contributed by atoms with Crippen LogP contribution in [-0.2, 0) is 6.54 Å². The van der Waals surface area contributed by atoms with Crippen LogP contribution in [0.4, 0.5) is 0 Å². The third kappa shape index (κ3) is 7.94. The van der Waals surface area contributed by atoms with E-state index in [1.807, 2.05) is 33.8 Å². The van der Waals surface area contributed by atoms with Crippen molar-refractivity contribution in [2.24, 2.45) is 5.73 Å². The number of pyridine rings is 1. The minimum absolute atomic E-state index is 0.548. The highest BCUT2D eigenvalue weighted by atomic mass is 79.9. The monoisotopic (exact) mass is 246 g/mol. The summed E-state index contributed by atoms with van der Waals surface area (Å²) in [7, 11) is 0. The van der Waals surface area contributed by atoms with Crippen molar-refractivity contribution in [3.63, 3.8) is 0 Å². The summed E-state index contributed by atoms with van der Waals surface area (Å²) in [6.45, 7) is 8.55. The maximum atomic E-state index is 5.36. The molecule has 2 N–H and O–H groups in total. The molecule has 0 unspecified atom stereocenters. The average molecular weight is 247 g/mol. The normalized spacial score (nSPS) is 7.54. The zero-order valence-electron chi connectivity index (χ0n) is 8.84. The van der Waals surface area contributed by atoms with Gasteiger partial charge in [0.05, 0.1) is 0 Å². The van der Waals surface area contributed by atoms with Gasteiger partial charge in [-0.05, 0) is 27.6 Å². The summed E-state index contributed by atoms with van der Waals surface area (Å²) < 4.78 is 0.977. The fourth-order valence-electron chi connectivity index (χ4n) is 0.567. The molecule has 0 aliphatic heterocycles. The molecule has 76 valence electrons. The highest BCUT2D eigenvalue weighted by Gasteiger charge is 1.88. The molecule has 3 heteroatoms. The Morgan fingerprint density at radius 2 is 1.77 bits per heavy atom. The molecule has 0 bridgehead atoms. The molecule has 0 radical (unpaired) electrons. The van der Waals surface area contributed by atoms with Crippen LogP contribution in [0, 0.1) is 0 Å². The second kappa shape index (κ2) is 11.6. The van der Waals surface area contributed by atoms with Crippen LogP contribution >= 0.6 is 15.9 Å². The van der Waals surface area contributed by atoms with E-state index in [-0.39, 0.29) is 0 Å². The van der Waals surface area contributed by atoms with Gasteiger partial charge in [0.25, 0.3) is 0 Å². The van der Waals surface area contributed by atoms with Gasteiger partial charge in [-0.2, -0.15) is 0 Å². The fourth-order valence-corrected chi connectivity index (χ4v) is 0.980. The molecule has 1 rings (SSSR count). The van der Waals surface area contributed by atoms with Crippen LogP contribution in [-0.4, -0.2) is 4.98 Å². The molecule has 0 aromatic carbocycles. The Labute approximate surface area is 89.7 Å². The van der Waals surface area contributed by atoms with Crippen molar-refractivity contribution in [2.45, 2.75) is 34.2 Å². The van der Waals surface area contributed by atoms with Crippen LogP contribution in [0.1, 0.15) is 33.3 Å². The molecule has 2 nitrogen and oxygen atoms in total. The number of halogens is 1. The maximum absolute atomic E-state index is 5.36. The van der Waals surface area contributed by atoms with Gasteiger partial charge in [0, 0.05) is 23.4 Å². The predicted molar refractivity (Wildman–Crippen MR) is 62.5 cm³/mol. The summed E-state index contributed by atoms with van der Waals surface area (Å²) in [5, 5.41) is 0. The Morgan fingerprint density at radius 3 is 2.08 bits per heavy atom. The number of rotatable bonds is 1. The molecule has 0 aliphatic rings. The minimum atomic E-state index is 0.548. The van der Waals surface area contributed by atoms with Gasteiger partial charge in [-0.3, -0.25) is 4.98 Å². The van der Waals surface area contributed by atoms with E-state index in [1.54, 1.807) is 12.4 Å². The summed E-state index contributed by atoms with van der Waals surface area (Å²) in [6.07, 6.45) is 3.49. The summed E-state index contributed by atoms with van der Waals surface area (Å²) in [6, 6.07) is 1.95. The number of aromatic nitrogens is 1. The van der Waals surface area contributed by atoms with Crippen molar-refractivity contribution < 1.29 is 0 Å². The quantitative estimate of drug-likeness (QED) is 0.826. The van der Waals surface area contributed by atoms with Gasteiger partial charge < -0.3 is 5.73 Å². The molecule has 1 aromatic heterocycles. The molecule has 13 heavy (non-hydrogen) atoms. The van der Waals surface area contributed by atoms with Gasteiger partial charge in [-0.25, -0.2) is 0 Å². The topological polar surface area (TPSA) is 38.9 Å². The lowest BCUT2D eigenvalue weighted by Gasteiger charge is -1.93. The Balaban J connectivity index is 0. The van der Waals surface area contributed by atoms with Crippen molar-refractivity contribution in [1.82, 2.24) is 4.98 Å². The second-order valence-electron chi connectivity index (χ2n) is 1.72. The van der Waals surface area contributed by atoms with Gasteiger partial charge in [-0.15, -0.1) is 0 Å². The van der Waals surface area contributed by atoms with Crippen LogP contribution in [0.15, 0.2) is 22.9 Å². The summed E-state index contributed by atoms with van der Waals surface area (Å²) in [5.74, 6) is 0.